The van der Waals surface area contributed by atoms with Crippen LogP contribution >= 0.6 is 0 Å². The summed E-state index contributed by atoms with van der Waals surface area (Å²) in [7, 11) is 0. The zero-order valence-electron chi connectivity index (χ0n) is 29.8. The van der Waals surface area contributed by atoms with E-state index in [1.807, 2.05) is 12.1 Å². The van der Waals surface area contributed by atoms with Crippen molar-refractivity contribution >= 4 is 0 Å². The Bertz CT molecular complexity index is 2640. The van der Waals surface area contributed by atoms with Crippen molar-refractivity contribution in [1.29, 1.82) is 0 Å². The maximum Gasteiger partial charge on any atom is 0.0715 e. The van der Waals surface area contributed by atoms with Crippen molar-refractivity contribution in [1.82, 2.24) is 4.98 Å². The predicted octanol–water partition coefficient (Wildman–Crippen LogP) is 14.4. The van der Waals surface area contributed by atoms with Crippen LogP contribution in [-0.4, -0.2) is 4.98 Å². The van der Waals surface area contributed by atoms with E-state index >= 15 is 0 Å². The molecule has 0 saturated heterocycles. The van der Waals surface area contributed by atoms with Crippen LogP contribution in [0.4, 0.5) is 0 Å². The van der Waals surface area contributed by atoms with E-state index in [4.69, 9.17) is 4.98 Å². The second kappa shape index (κ2) is 14.9. The summed E-state index contributed by atoms with van der Waals surface area (Å²) in [6, 6.07) is 80.1. The fraction of sp³-hybridized carbons (Fsp3) is 0. The van der Waals surface area contributed by atoms with Gasteiger partial charge in [0.25, 0.3) is 0 Å². The van der Waals surface area contributed by atoms with Crippen LogP contribution < -0.4 is 0 Å². The molecule has 0 unspecified atom stereocenters. The van der Waals surface area contributed by atoms with Crippen molar-refractivity contribution in [2.24, 2.45) is 0 Å². The van der Waals surface area contributed by atoms with Crippen LogP contribution in [0.5, 0.6) is 0 Å². The third-order valence-corrected chi connectivity index (χ3v) is 10.1. The first-order valence-electron chi connectivity index (χ1n) is 18.4. The molecule has 1 nitrogen and oxygen atoms in total. The zero-order chi connectivity index (χ0) is 36.1. The second-order valence-electron chi connectivity index (χ2n) is 13.6. The van der Waals surface area contributed by atoms with Gasteiger partial charge in [0, 0.05) is 11.1 Å². The molecule has 1 heteroatoms. The van der Waals surface area contributed by atoms with Crippen LogP contribution in [0, 0.1) is 0 Å². The van der Waals surface area contributed by atoms with Crippen LogP contribution in [0.25, 0.3) is 89.3 Å². The van der Waals surface area contributed by atoms with Gasteiger partial charge in [-0.2, -0.15) is 0 Å². The van der Waals surface area contributed by atoms with Crippen LogP contribution in [0.2, 0.25) is 0 Å². The number of pyridine rings is 1. The number of benzene rings is 8. The van der Waals surface area contributed by atoms with E-state index in [9.17, 15) is 0 Å². The topological polar surface area (TPSA) is 12.9 Å². The zero-order valence-corrected chi connectivity index (χ0v) is 29.8. The van der Waals surface area contributed by atoms with Crippen molar-refractivity contribution in [3.05, 3.63) is 224 Å². The van der Waals surface area contributed by atoms with E-state index in [2.05, 4.69) is 212 Å². The van der Waals surface area contributed by atoms with Crippen LogP contribution in [0.1, 0.15) is 0 Å². The molecule has 0 fully saturated rings. The van der Waals surface area contributed by atoms with E-state index in [0.717, 1.165) is 33.6 Å². The fourth-order valence-electron chi connectivity index (χ4n) is 7.23. The van der Waals surface area contributed by atoms with Gasteiger partial charge in [0.15, 0.2) is 0 Å². The van der Waals surface area contributed by atoms with Crippen molar-refractivity contribution in [3.8, 4) is 89.3 Å². The lowest BCUT2D eigenvalue weighted by Crippen LogP contribution is -1.91. The lowest BCUT2D eigenvalue weighted by atomic mass is 9.93. The van der Waals surface area contributed by atoms with Gasteiger partial charge >= 0.3 is 0 Å². The van der Waals surface area contributed by atoms with E-state index < -0.39 is 0 Å². The summed E-state index contributed by atoms with van der Waals surface area (Å²) in [4.78, 5) is 5.09. The molecule has 0 bridgehead atoms. The molecule has 0 saturated carbocycles. The van der Waals surface area contributed by atoms with Gasteiger partial charge in [0.05, 0.1) is 11.4 Å². The molecule has 254 valence electrons. The molecule has 9 aromatic rings. The maximum absolute atomic E-state index is 5.09. The minimum atomic E-state index is 0.963. The van der Waals surface area contributed by atoms with Crippen molar-refractivity contribution in [2.75, 3.05) is 0 Å². The molecule has 0 atom stereocenters. The van der Waals surface area contributed by atoms with Crippen LogP contribution in [0.3, 0.4) is 0 Å². The highest BCUT2D eigenvalue weighted by atomic mass is 14.7. The van der Waals surface area contributed by atoms with Gasteiger partial charge in [-0.15, -0.1) is 0 Å². The summed E-state index contributed by atoms with van der Waals surface area (Å²) in [6.07, 6.45) is 0. The van der Waals surface area contributed by atoms with Gasteiger partial charge in [0.1, 0.15) is 0 Å². The Hall–Kier alpha value is -7.09. The molecular formula is C53H37N. The molecule has 0 aliphatic carbocycles. The van der Waals surface area contributed by atoms with Gasteiger partial charge in [-0.3, -0.25) is 0 Å². The Morgan fingerprint density at radius 2 is 0.389 bits per heavy atom. The summed E-state index contributed by atoms with van der Waals surface area (Å²) in [5, 5.41) is 0. The first-order valence-corrected chi connectivity index (χ1v) is 18.4. The summed E-state index contributed by atoms with van der Waals surface area (Å²) in [5.41, 5.74) is 18.4. The molecular weight excluding hydrogens is 651 g/mol. The number of aromatic nitrogens is 1. The van der Waals surface area contributed by atoms with E-state index in [1.54, 1.807) is 0 Å². The van der Waals surface area contributed by atoms with E-state index in [0.29, 0.717) is 0 Å². The third-order valence-electron chi connectivity index (χ3n) is 10.1. The van der Waals surface area contributed by atoms with Gasteiger partial charge in [-0.1, -0.05) is 182 Å². The highest BCUT2D eigenvalue weighted by Crippen LogP contribution is 2.35. The molecule has 8 aromatic carbocycles. The quantitative estimate of drug-likeness (QED) is 0.155. The Kier molecular flexibility index (Phi) is 9.03. The molecule has 0 spiro atoms. The number of rotatable bonds is 8. The summed E-state index contributed by atoms with van der Waals surface area (Å²) in [6.45, 7) is 0. The number of nitrogens with zero attached hydrogens (tertiary/aromatic N) is 1. The van der Waals surface area contributed by atoms with Gasteiger partial charge in [0.2, 0.25) is 0 Å². The Morgan fingerprint density at radius 3 is 0.685 bits per heavy atom. The SMILES string of the molecule is c1ccc(-c2cccc(-c3cccc(-c4cccc(-c5cccc(-c6cccc(-c7cc(-c8ccccc8)nc(-c8ccccc8)c7)c6)c5)c4)c3)c2)cc1. The monoisotopic (exact) mass is 687 g/mol. The first-order chi connectivity index (χ1) is 26.7. The number of hydrogen-bond acceptors (Lipinski definition) is 1. The summed E-state index contributed by atoms with van der Waals surface area (Å²) >= 11 is 0. The average molecular weight is 688 g/mol. The Labute approximate surface area is 317 Å². The summed E-state index contributed by atoms with van der Waals surface area (Å²) < 4.78 is 0. The van der Waals surface area contributed by atoms with E-state index in [1.165, 1.54) is 55.6 Å². The molecule has 0 N–H and O–H groups in total. The predicted molar refractivity (Wildman–Crippen MR) is 228 cm³/mol. The van der Waals surface area contributed by atoms with Crippen LogP contribution in [-0.2, 0) is 0 Å². The van der Waals surface area contributed by atoms with Crippen molar-refractivity contribution < 1.29 is 0 Å². The Morgan fingerprint density at radius 1 is 0.167 bits per heavy atom. The Balaban J connectivity index is 1.03. The molecule has 0 aliphatic rings. The lowest BCUT2D eigenvalue weighted by molar-refractivity contribution is 1.32. The van der Waals surface area contributed by atoms with Crippen molar-refractivity contribution in [2.45, 2.75) is 0 Å². The van der Waals surface area contributed by atoms with E-state index in [-0.39, 0.29) is 0 Å². The summed E-state index contributed by atoms with van der Waals surface area (Å²) in [5.74, 6) is 0. The average Bonchev–Trinajstić information content (AvgIpc) is 3.27. The smallest absolute Gasteiger partial charge is 0.0715 e. The molecule has 0 amide bonds. The number of hydrogen-bond donors (Lipinski definition) is 0. The molecule has 0 aliphatic heterocycles. The highest BCUT2D eigenvalue weighted by Gasteiger charge is 2.11. The largest absolute Gasteiger partial charge is 0.248 e. The normalized spacial score (nSPS) is 11.0. The maximum atomic E-state index is 5.09. The van der Waals surface area contributed by atoms with Crippen molar-refractivity contribution in [3.63, 3.8) is 0 Å². The minimum absolute atomic E-state index is 0.963. The van der Waals surface area contributed by atoms with Gasteiger partial charge in [-0.25, -0.2) is 4.98 Å². The third kappa shape index (κ3) is 7.04. The molecule has 1 aromatic heterocycles. The van der Waals surface area contributed by atoms with Gasteiger partial charge in [-0.05, 0) is 109 Å². The minimum Gasteiger partial charge on any atom is -0.248 e. The first kappa shape index (κ1) is 32.8. The molecule has 9 rings (SSSR count). The standard InChI is InChI=1S/C53H37N/c1-4-15-38(16-5-1)41-21-10-22-42(31-41)43-23-11-24-44(32-43)45-25-12-26-46(33-45)47-27-13-28-48(34-47)49-29-14-30-50(35-49)51-36-52(39-17-6-2-7-18-39)54-53(37-51)40-19-8-3-9-20-40/h1-37H. The lowest BCUT2D eigenvalue weighted by Gasteiger charge is -2.12. The molecule has 0 radical (unpaired) electrons. The van der Waals surface area contributed by atoms with Gasteiger partial charge < -0.3 is 0 Å². The van der Waals surface area contributed by atoms with Crippen LogP contribution in [0.15, 0.2) is 224 Å². The second-order valence-corrected chi connectivity index (χ2v) is 13.6. The highest BCUT2D eigenvalue weighted by molar-refractivity contribution is 5.83. The fourth-order valence-corrected chi connectivity index (χ4v) is 7.23. The molecule has 54 heavy (non-hydrogen) atoms. The molecule has 1 heterocycles.